The van der Waals surface area contributed by atoms with Crippen molar-refractivity contribution in [3.63, 3.8) is 0 Å². The molecule has 0 radical (unpaired) electrons. The van der Waals surface area contributed by atoms with E-state index in [-0.39, 0.29) is 6.79 Å². The van der Waals surface area contributed by atoms with E-state index in [0.717, 1.165) is 38.9 Å². The molecule has 0 amide bonds. The third kappa shape index (κ3) is 1.85. The topological polar surface area (TPSA) is 31.4 Å². The molecular formula is C19H13NO2S. The molecule has 0 spiro atoms. The van der Waals surface area contributed by atoms with Crippen molar-refractivity contribution in [1.29, 1.82) is 0 Å². The largest absolute Gasteiger partial charge is 0.454 e. The van der Waals surface area contributed by atoms with Crippen LogP contribution in [0.4, 0.5) is 0 Å². The van der Waals surface area contributed by atoms with Crippen molar-refractivity contribution in [2.45, 2.75) is 6.92 Å². The fourth-order valence-corrected chi connectivity index (χ4v) is 4.06. The predicted molar refractivity (Wildman–Crippen MR) is 93.4 cm³/mol. The fraction of sp³-hybridized carbons (Fsp3) is 0.105. The smallest absolute Gasteiger partial charge is 0.231 e. The molecule has 23 heavy (non-hydrogen) atoms. The van der Waals surface area contributed by atoms with Gasteiger partial charge in [-0.25, -0.2) is 4.98 Å². The van der Waals surface area contributed by atoms with Crippen LogP contribution in [0.3, 0.4) is 0 Å². The first-order valence-electron chi connectivity index (χ1n) is 7.48. The van der Waals surface area contributed by atoms with Gasteiger partial charge in [-0.2, -0.15) is 0 Å². The van der Waals surface area contributed by atoms with E-state index in [2.05, 4.69) is 42.6 Å². The number of pyridine rings is 1. The first kappa shape index (κ1) is 12.9. The molecule has 112 valence electrons. The molecule has 2 aromatic carbocycles. The van der Waals surface area contributed by atoms with Gasteiger partial charge in [0.2, 0.25) is 6.79 Å². The van der Waals surface area contributed by atoms with Crippen molar-refractivity contribution >= 4 is 33.0 Å². The van der Waals surface area contributed by atoms with E-state index in [1.165, 1.54) is 10.4 Å². The Morgan fingerprint density at radius 1 is 0.957 bits per heavy atom. The molecule has 3 heterocycles. The summed E-state index contributed by atoms with van der Waals surface area (Å²) in [6, 6.07) is 14.5. The summed E-state index contributed by atoms with van der Waals surface area (Å²) in [5.74, 6) is 1.60. The van der Waals surface area contributed by atoms with Crippen molar-refractivity contribution in [2.75, 3.05) is 6.79 Å². The van der Waals surface area contributed by atoms with Crippen LogP contribution in [0, 0.1) is 6.92 Å². The van der Waals surface area contributed by atoms with Crippen LogP contribution in [-0.2, 0) is 0 Å². The van der Waals surface area contributed by atoms with Gasteiger partial charge in [-0.1, -0.05) is 18.2 Å². The number of para-hydroxylation sites is 1. The minimum absolute atomic E-state index is 0.282. The van der Waals surface area contributed by atoms with E-state index in [0.29, 0.717) is 0 Å². The van der Waals surface area contributed by atoms with Gasteiger partial charge in [0.05, 0.1) is 16.1 Å². The Bertz CT molecular complexity index is 1070. The van der Waals surface area contributed by atoms with Gasteiger partial charge in [0, 0.05) is 10.8 Å². The lowest BCUT2D eigenvalue weighted by Gasteiger charge is -2.10. The number of hydrogen-bond acceptors (Lipinski definition) is 4. The van der Waals surface area contributed by atoms with Crippen molar-refractivity contribution in [1.82, 2.24) is 4.98 Å². The maximum absolute atomic E-state index is 5.57. The molecule has 1 aliphatic heterocycles. The molecule has 0 saturated heterocycles. The van der Waals surface area contributed by atoms with Gasteiger partial charge in [0.15, 0.2) is 11.5 Å². The molecule has 4 heteroatoms. The number of ether oxygens (including phenoxy) is 2. The van der Waals surface area contributed by atoms with E-state index in [4.69, 9.17) is 14.5 Å². The summed E-state index contributed by atoms with van der Waals surface area (Å²) in [4.78, 5) is 6.15. The Kier molecular flexibility index (Phi) is 2.64. The zero-order chi connectivity index (χ0) is 15.4. The van der Waals surface area contributed by atoms with E-state index in [9.17, 15) is 0 Å². The Morgan fingerprint density at radius 3 is 2.52 bits per heavy atom. The number of fused-ring (bicyclic) bond motifs is 4. The number of thiophene rings is 1. The Morgan fingerprint density at radius 2 is 1.74 bits per heavy atom. The van der Waals surface area contributed by atoms with Crippen LogP contribution in [0.15, 0.2) is 47.8 Å². The third-order valence-corrected chi connectivity index (χ3v) is 5.29. The molecule has 0 fully saturated rings. The highest BCUT2D eigenvalue weighted by Crippen LogP contribution is 2.42. The highest BCUT2D eigenvalue weighted by Gasteiger charge is 2.19. The maximum atomic E-state index is 5.57. The number of aromatic nitrogens is 1. The summed E-state index contributed by atoms with van der Waals surface area (Å²) in [5, 5.41) is 5.51. The second-order valence-corrected chi connectivity index (χ2v) is 6.58. The van der Waals surface area contributed by atoms with Crippen LogP contribution in [0.5, 0.6) is 11.5 Å². The van der Waals surface area contributed by atoms with Crippen LogP contribution >= 0.6 is 11.3 Å². The zero-order valence-corrected chi connectivity index (χ0v) is 13.3. The molecule has 5 rings (SSSR count). The summed E-state index contributed by atoms with van der Waals surface area (Å²) >= 11 is 1.72. The van der Waals surface area contributed by atoms with Gasteiger partial charge in [-0.05, 0) is 47.5 Å². The fourth-order valence-electron chi connectivity index (χ4n) is 3.13. The number of nitrogens with zero attached hydrogens (tertiary/aromatic N) is 1. The minimum atomic E-state index is 0.282. The molecule has 3 nitrogen and oxygen atoms in total. The van der Waals surface area contributed by atoms with E-state index in [1.807, 2.05) is 12.1 Å². The molecule has 0 atom stereocenters. The van der Waals surface area contributed by atoms with Gasteiger partial charge in [-0.3, -0.25) is 0 Å². The van der Waals surface area contributed by atoms with E-state index < -0.39 is 0 Å². The average Bonchev–Trinajstić information content (AvgIpc) is 3.20. The van der Waals surface area contributed by atoms with Crippen LogP contribution in [0.25, 0.3) is 32.2 Å². The zero-order valence-electron chi connectivity index (χ0n) is 12.5. The second kappa shape index (κ2) is 4.70. The summed E-state index contributed by atoms with van der Waals surface area (Å²) in [5.41, 5.74) is 3.27. The Labute approximate surface area is 137 Å². The Balaban J connectivity index is 1.98. The molecule has 0 bridgehead atoms. The summed E-state index contributed by atoms with van der Waals surface area (Å²) in [6.45, 7) is 2.41. The highest BCUT2D eigenvalue weighted by atomic mass is 32.1. The standard InChI is InChI=1S/C19H13NO2S/c1-11-6-7-23-19(11)18-14-9-17-16(21-10-22-17)8-13(14)12-4-2-3-5-15(12)20-18/h2-9H,10H2,1H3. The van der Waals surface area contributed by atoms with Crippen molar-refractivity contribution < 1.29 is 9.47 Å². The lowest BCUT2D eigenvalue weighted by atomic mass is 10.0. The number of rotatable bonds is 1. The third-order valence-electron chi connectivity index (χ3n) is 4.27. The van der Waals surface area contributed by atoms with Gasteiger partial charge < -0.3 is 9.47 Å². The SMILES string of the molecule is Cc1ccsc1-c1nc2ccccc2c2cc3c(cc12)OCO3. The van der Waals surface area contributed by atoms with Crippen molar-refractivity contribution in [3.05, 3.63) is 53.4 Å². The molecule has 0 aliphatic carbocycles. The maximum Gasteiger partial charge on any atom is 0.231 e. The molecular weight excluding hydrogens is 306 g/mol. The highest BCUT2D eigenvalue weighted by molar-refractivity contribution is 7.13. The lowest BCUT2D eigenvalue weighted by Crippen LogP contribution is -1.92. The molecule has 2 aromatic heterocycles. The van der Waals surface area contributed by atoms with Crippen molar-refractivity contribution in [2.24, 2.45) is 0 Å². The minimum Gasteiger partial charge on any atom is -0.454 e. The predicted octanol–water partition coefficient (Wildman–Crippen LogP) is 5.15. The van der Waals surface area contributed by atoms with E-state index >= 15 is 0 Å². The van der Waals surface area contributed by atoms with Crippen LogP contribution in [0.1, 0.15) is 5.56 Å². The lowest BCUT2D eigenvalue weighted by molar-refractivity contribution is 0.174. The Hall–Kier alpha value is -2.59. The number of aryl methyl sites for hydroxylation is 1. The first-order chi connectivity index (χ1) is 11.3. The van der Waals surface area contributed by atoms with Crippen LogP contribution in [0.2, 0.25) is 0 Å². The van der Waals surface area contributed by atoms with Gasteiger partial charge in [-0.15, -0.1) is 11.3 Å². The van der Waals surface area contributed by atoms with Gasteiger partial charge >= 0.3 is 0 Å². The molecule has 0 saturated carbocycles. The summed E-state index contributed by atoms with van der Waals surface area (Å²) in [7, 11) is 0. The molecule has 0 N–H and O–H groups in total. The number of benzene rings is 2. The van der Waals surface area contributed by atoms with Crippen molar-refractivity contribution in [3.8, 4) is 22.1 Å². The number of hydrogen-bond donors (Lipinski definition) is 0. The molecule has 4 aromatic rings. The second-order valence-electron chi connectivity index (χ2n) is 5.66. The van der Waals surface area contributed by atoms with Crippen LogP contribution in [-0.4, -0.2) is 11.8 Å². The normalized spacial score (nSPS) is 13.1. The van der Waals surface area contributed by atoms with Gasteiger partial charge in [0.1, 0.15) is 0 Å². The monoisotopic (exact) mass is 319 g/mol. The summed E-state index contributed by atoms with van der Waals surface area (Å²) in [6.07, 6.45) is 0. The van der Waals surface area contributed by atoms with Crippen LogP contribution < -0.4 is 9.47 Å². The van der Waals surface area contributed by atoms with E-state index in [1.54, 1.807) is 11.3 Å². The molecule has 0 unspecified atom stereocenters. The summed E-state index contributed by atoms with van der Waals surface area (Å²) < 4.78 is 11.1. The molecule has 1 aliphatic rings. The first-order valence-corrected chi connectivity index (χ1v) is 8.36. The quantitative estimate of drug-likeness (QED) is 0.454. The average molecular weight is 319 g/mol. The van der Waals surface area contributed by atoms with Gasteiger partial charge in [0.25, 0.3) is 0 Å².